The number of carboxylic acids is 1. The molecule has 6 heteroatoms. The summed E-state index contributed by atoms with van der Waals surface area (Å²) in [6.45, 7) is 4.10. The van der Waals surface area contributed by atoms with Crippen molar-refractivity contribution in [3.63, 3.8) is 0 Å². The van der Waals surface area contributed by atoms with E-state index in [1.807, 2.05) is 6.92 Å². The van der Waals surface area contributed by atoms with E-state index in [1.54, 1.807) is 0 Å². The molecule has 1 heterocycles. The van der Waals surface area contributed by atoms with Gasteiger partial charge in [0.15, 0.2) is 0 Å². The maximum atomic E-state index is 11.5. The van der Waals surface area contributed by atoms with Crippen LogP contribution in [0.4, 0.5) is 0 Å². The molecule has 6 nitrogen and oxygen atoms in total. The number of rotatable bonds is 7. The third-order valence-electron chi connectivity index (χ3n) is 3.24. The fraction of sp³-hybridized carbons (Fsp3) is 0.833. The summed E-state index contributed by atoms with van der Waals surface area (Å²) in [5, 5.41) is 15.0. The molecule has 0 atom stereocenters. The van der Waals surface area contributed by atoms with Crippen LogP contribution in [-0.4, -0.2) is 49.8 Å². The monoisotopic (exact) mass is 258 g/mol. The van der Waals surface area contributed by atoms with Gasteiger partial charge in [-0.05, 0) is 25.8 Å². The molecule has 0 radical (unpaired) electrons. The molecule has 0 aliphatic carbocycles. The van der Waals surface area contributed by atoms with E-state index in [2.05, 4.69) is 10.6 Å². The maximum absolute atomic E-state index is 11.5. The molecule has 3 N–H and O–H groups in total. The fourth-order valence-electron chi connectivity index (χ4n) is 1.94. The average molecular weight is 258 g/mol. The van der Waals surface area contributed by atoms with Gasteiger partial charge in [-0.2, -0.15) is 0 Å². The lowest BCUT2D eigenvalue weighted by molar-refractivity contribution is -0.154. The lowest BCUT2D eigenvalue weighted by Crippen LogP contribution is -2.48. The van der Waals surface area contributed by atoms with E-state index in [0.717, 1.165) is 13.0 Å². The molecule has 0 unspecified atom stereocenters. The van der Waals surface area contributed by atoms with Gasteiger partial charge in [-0.25, -0.2) is 0 Å². The predicted octanol–water partition coefficient (Wildman–Crippen LogP) is -0.0164. The highest BCUT2D eigenvalue weighted by molar-refractivity contribution is 5.80. The van der Waals surface area contributed by atoms with Gasteiger partial charge in [0.2, 0.25) is 5.91 Å². The van der Waals surface area contributed by atoms with Crippen LogP contribution in [0.5, 0.6) is 0 Å². The van der Waals surface area contributed by atoms with E-state index < -0.39 is 11.4 Å². The summed E-state index contributed by atoms with van der Waals surface area (Å²) in [6.07, 6.45) is 1.86. The number of hydrogen-bond donors (Lipinski definition) is 3. The summed E-state index contributed by atoms with van der Waals surface area (Å²) in [5.41, 5.74) is -0.862. The number of carboxylic acid groups (broad SMARTS) is 1. The molecule has 1 fully saturated rings. The normalized spacial score (nSPS) is 18.3. The second kappa shape index (κ2) is 7.33. The number of carbonyl (C=O) groups is 2. The Labute approximate surface area is 107 Å². The molecule has 18 heavy (non-hydrogen) atoms. The van der Waals surface area contributed by atoms with Crippen LogP contribution < -0.4 is 10.6 Å². The van der Waals surface area contributed by atoms with Crippen molar-refractivity contribution in [1.82, 2.24) is 10.6 Å². The summed E-state index contributed by atoms with van der Waals surface area (Å²) in [5.74, 6) is -1.01. The van der Waals surface area contributed by atoms with Crippen molar-refractivity contribution < 1.29 is 19.4 Å². The minimum absolute atomic E-state index is 0.157. The summed E-state index contributed by atoms with van der Waals surface area (Å²) in [6, 6.07) is 0. The number of ether oxygens (including phenoxy) is 1. The molecular formula is C12H22N2O4. The second-order valence-electron chi connectivity index (χ2n) is 4.65. The number of amides is 1. The molecule has 0 aromatic carbocycles. The van der Waals surface area contributed by atoms with Crippen molar-refractivity contribution in [3.8, 4) is 0 Å². The van der Waals surface area contributed by atoms with Crippen molar-refractivity contribution >= 4 is 11.9 Å². The zero-order valence-electron chi connectivity index (χ0n) is 10.8. The molecule has 0 bridgehead atoms. The van der Waals surface area contributed by atoms with Crippen molar-refractivity contribution in [2.45, 2.75) is 26.2 Å². The molecular weight excluding hydrogens is 236 g/mol. The van der Waals surface area contributed by atoms with Gasteiger partial charge in [-0.15, -0.1) is 0 Å². The first-order chi connectivity index (χ1) is 8.60. The smallest absolute Gasteiger partial charge is 0.311 e. The summed E-state index contributed by atoms with van der Waals surface area (Å²) < 4.78 is 5.17. The van der Waals surface area contributed by atoms with E-state index in [0.29, 0.717) is 26.1 Å². The summed E-state index contributed by atoms with van der Waals surface area (Å²) in [4.78, 5) is 22.9. The number of nitrogens with one attached hydrogen (secondary N) is 2. The third kappa shape index (κ3) is 4.27. The fourth-order valence-corrected chi connectivity index (χ4v) is 1.94. The van der Waals surface area contributed by atoms with Gasteiger partial charge in [0, 0.05) is 19.8 Å². The molecule has 0 aromatic rings. The first-order valence-electron chi connectivity index (χ1n) is 6.39. The van der Waals surface area contributed by atoms with E-state index in [4.69, 9.17) is 4.74 Å². The van der Waals surface area contributed by atoms with Crippen LogP contribution in [0.2, 0.25) is 0 Å². The van der Waals surface area contributed by atoms with E-state index in [1.165, 1.54) is 0 Å². The Balaban J connectivity index is 2.38. The molecule has 0 aromatic heterocycles. The SMILES string of the molecule is CCCNCC(=O)NCC1(C(=O)O)CCOCC1. The van der Waals surface area contributed by atoms with Crippen molar-refractivity contribution in [2.75, 3.05) is 32.8 Å². The van der Waals surface area contributed by atoms with Crippen LogP contribution in [0.1, 0.15) is 26.2 Å². The molecule has 0 spiro atoms. The predicted molar refractivity (Wildman–Crippen MR) is 66.3 cm³/mol. The number of aliphatic carboxylic acids is 1. The van der Waals surface area contributed by atoms with E-state index >= 15 is 0 Å². The largest absolute Gasteiger partial charge is 0.481 e. The Morgan fingerprint density at radius 1 is 1.33 bits per heavy atom. The standard InChI is InChI=1S/C12H22N2O4/c1-2-5-13-8-10(15)14-9-12(11(16)17)3-6-18-7-4-12/h13H,2-9H2,1H3,(H,14,15)(H,16,17). The van der Waals surface area contributed by atoms with Crippen LogP contribution in [0.3, 0.4) is 0 Å². The Kier molecular flexibility index (Phi) is 6.07. The molecule has 0 saturated carbocycles. The Hall–Kier alpha value is -1.14. The van der Waals surface area contributed by atoms with Gasteiger partial charge < -0.3 is 20.5 Å². The van der Waals surface area contributed by atoms with Crippen LogP contribution in [0.25, 0.3) is 0 Å². The average Bonchev–Trinajstić information content (AvgIpc) is 2.37. The quantitative estimate of drug-likeness (QED) is 0.559. The number of hydrogen-bond acceptors (Lipinski definition) is 4. The Morgan fingerprint density at radius 3 is 2.56 bits per heavy atom. The molecule has 1 amide bonds. The maximum Gasteiger partial charge on any atom is 0.311 e. The van der Waals surface area contributed by atoms with Gasteiger partial charge in [0.05, 0.1) is 12.0 Å². The summed E-state index contributed by atoms with van der Waals surface area (Å²) in [7, 11) is 0. The molecule has 104 valence electrons. The van der Waals surface area contributed by atoms with Gasteiger partial charge in [-0.3, -0.25) is 9.59 Å². The zero-order valence-corrected chi connectivity index (χ0v) is 10.8. The topological polar surface area (TPSA) is 87.7 Å². The van der Waals surface area contributed by atoms with Crippen LogP contribution >= 0.6 is 0 Å². The highest BCUT2D eigenvalue weighted by Crippen LogP contribution is 2.29. The minimum Gasteiger partial charge on any atom is -0.481 e. The molecule has 1 rings (SSSR count). The van der Waals surface area contributed by atoms with Crippen LogP contribution in [0, 0.1) is 5.41 Å². The first kappa shape index (κ1) is 14.9. The van der Waals surface area contributed by atoms with E-state index in [9.17, 15) is 14.7 Å². The Morgan fingerprint density at radius 2 is 2.00 bits per heavy atom. The van der Waals surface area contributed by atoms with Gasteiger partial charge in [0.1, 0.15) is 0 Å². The Bertz CT molecular complexity index is 288. The van der Waals surface area contributed by atoms with Crippen molar-refractivity contribution in [2.24, 2.45) is 5.41 Å². The van der Waals surface area contributed by atoms with E-state index in [-0.39, 0.29) is 19.0 Å². The lowest BCUT2D eigenvalue weighted by Gasteiger charge is -2.33. The third-order valence-corrected chi connectivity index (χ3v) is 3.24. The first-order valence-corrected chi connectivity index (χ1v) is 6.39. The lowest BCUT2D eigenvalue weighted by atomic mass is 9.80. The molecule has 1 aliphatic rings. The number of carbonyl (C=O) groups excluding carboxylic acids is 1. The summed E-state index contributed by atoms with van der Waals surface area (Å²) >= 11 is 0. The minimum atomic E-state index is -0.862. The van der Waals surface area contributed by atoms with Gasteiger partial charge >= 0.3 is 5.97 Å². The van der Waals surface area contributed by atoms with Crippen molar-refractivity contribution in [1.29, 1.82) is 0 Å². The van der Waals surface area contributed by atoms with Gasteiger partial charge in [0.25, 0.3) is 0 Å². The van der Waals surface area contributed by atoms with Gasteiger partial charge in [-0.1, -0.05) is 6.92 Å². The van der Waals surface area contributed by atoms with Crippen molar-refractivity contribution in [3.05, 3.63) is 0 Å². The highest BCUT2D eigenvalue weighted by atomic mass is 16.5. The zero-order chi connectivity index (χ0) is 13.4. The molecule has 1 aliphatic heterocycles. The molecule has 1 saturated heterocycles. The second-order valence-corrected chi connectivity index (χ2v) is 4.65. The van der Waals surface area contributed by atoms with Crippen LogP contribution in [-0.2, 0) is 14.3 Å². The van der Waals surface area contributed by atoms with Crippen LogP contribution in [0.15, 0.2) is 0 Å². The highest BCUT2D eigenvalue weighted by Gasteiger charge is 2.40.